The molecule has 0 saturated carbocycles. The lowest BCUT2D eigenvalue weighted by atomic mass is 10.1. The van der Waals surface area contributed by atoms with E-state index in [0.29, 0.717) is 35.8 Å². The molecule has 1 atom stereocenters. The van der Waals surface area contributed by atoms with Gasteiger partial charge in [-0.1, -0.05) is 24.3 Å². The summed E-state index contributed by atoms with van der Waals surface area (Å²) in [5, 5.41) is 5.69. The molecule has 3 amide bonds. The Morgan fingerprint density at radius 1 is 1.06 bits per heavy atom. The van der Waals surface area contributed by atoms with Gasteiger partial charge in [-0.2, -0.15) is 0 Å². The van der Waals surface area contributed by atoms with E-state index in [1.807, 2.05) is 31.2 Å². The van der Waals surface area contributed by atoms with E-state index in [4.69, 9.17) is 4.42 Å². The molecule has 7 heteroatoms. The maximum Gasteiger partial charge on any atom is 0.257 e. The highest BCUT2D eigenvalue weighted by atomic mass is 16.3. The second-order valence-electron chi connectivity index (χ2n) is 7.61. The first-order valence-electron chi connectivity index (χ1n) is 10.1. The lowest BCUT2D eigenvalue weighted by molar-refractivity contribution is -0.128. The van der Waals surface area contributed by atoms with Crippen LogP contribution in [0.3, 0.4) is 0 Å². The Morgan fingerprint density at radius 2 is 1.90 bits per heavy atom. The predicted molar refractivity (Wildman–Crippen MR) is 116 cm³/mol. The lowest BCUT2D eigenvalue weighted by Crippen LogP contribution is -2.28. The summed E-state index contributed by atoms with van der Waals surface area (Å²) in [6.45, 7) is 2.59. The molecule has 7 nitrogen and oxygen atoms in total. The average molecular weight is 417 g/mol. The molecule has 1 saturated heterocycles. The first-order chi connectivity index (χ1) is 15.0. The number of amides is 3. The summed E-state index contributed by atoms with van der Waals surface area (Å²) in [5.74, 6) is -0.514. The minimum absolute atomic E-state index is 0.0953. The van der Waals surface area contributed by atoms with Gasteiger partial charge in [0.25, 0.3) is 5.91 Å². The van der Waals surface area contributed by atoms with Crippen molar-refractivity contribution in [3.05, 3.63) is 83.8 Å². The van der Waals surface area contributed by atoms with E-state index in [1.165, 1.54) is 0 Å². The van der Waals surface area contributed by atoms with E-state index in [1.54, 1.807) is 47.6 Å². The first kappa shape index (κ1) is 20.4. The van der Waals surface area contributed by atoms with Crippen LogP contribution in [0.5, 0.6) is 0 Å². The molecule has 2 N–H and O–H groups in total. The summed E-state index contributed by atoms with van der Waals surface area (Å²) in [5.41, 5.74) is 2.48. The number of likely N-dealkylation sites (tertiary alicyclic amines) is 1. The summed E-state index contributed by atoms with van der Waals surface area (Å²) in [6.07, 6.45) is 1.68. The molecule has 0 bridgehead atoms. The van der Waals surface area contributed by atoms with Crippen LogP contribution in [0.2, 0.25) is 0 Å². The Bertz CT molecular complexity index is 1110. The number of nitrogens with zero attached hydrogens (tertiary/aromatic N) is 1. The largest absolute Gasteiger partial charge is 0.467 e. The summed E-state index contributed by atoms with van der Waals surface area (Å²) in [6, 6.07) is 17.9. The van der Waals surface area contributed by atoms with E-state index in [-0.39, 0.29) is 24.1 Å². The van der Waals surface area contributed by atoms with E-state index in [2.05, 4.69) is 10.6 Å². The van der Waals surface area contributed by atoms with Crippen molar-refractivity contribution in [2.45, 2.75) is 19.9 Å². The Labute approximate surface area is 180 Å². The molecule has 0 aliphatic carbocycles. The van der Waals surface area contributed by atoms with Crippen molar-refractivity contribution >= 4 is 29.1 Å². The second-order valence-corrected chi connectivity index (χ2v) is 7.61. The van der Waals surface area contributed by atoms with Crippen LogP contribution in [0.4, 0.5) is 11.4 Å². The maximum atomic E-state index is 12.8. The monoisotopic (exact) mass is 417 g/mol. The minimum atomic E-state index is -0.490. The standard InChI is InChI=1S/C24H23N3O4/c1-16-6-4-7-18(12-16)25-24(30)20-9-2-3-10-21(20)26-23(29)17-13-22(28)27(14-17)15-19-8-5-11-31-19/h2-12,17H,13-15H2,1H3,(H,25,30)(H,26,29)/t17-/m0/s1. The van der Waals surface area contributed by atoms with E-state index < -0.39 is 5.92 Å². The number of rotatable bonds is 6. The predicted octanol–water partition coefficient (Wildman–Crippen LogP) is 3.83. The summed E-state index contributed by atoms with van der Waals surface area (Å²) < 4.78 is 5.29. The number of aryl methyl sites for hydroxylation is 1. The van der Waals surface area contributed by atoms with E-state index >= 15 is 0 Å². The topological polar surface area (TPSA) is 91.7 Å². The number of benzene rings is 2. The molecule has 1 aliphatic heterocycles. The van der Waals surface area contributed by atoms with Crippen molar-refractivity contribution < 1.29 is 18.8 Å². The number of carbonyl (C=O) groups excluding carboxylic acids is 3. The number of hydrogen-bond donors (Lipinski definition) is 2. The average Bonchev–Trinajstić information content (AvgIpc) is 3.39. The van der Waals surface area contributed by atoms with E-state index in [0.717, 1.165) is 5.56 Å². The molecule has 2 aromatic carbocycles. The van der Waals surface area contributed by atoms with Gasteiger partial charge in [0.1, 0.15) is 5.76 Å². The molecule has 1 fully saturated rings. The number of nitrogens with one attached hydrogen (secondary N) is 2. The molecule has 3 aromatic rings. The van der Waals surface area contributed by atoms with Gasteiger partial charge in [0, 0.05) is 18.7 Å². The molecule has 0 unspecified atom stereocenters. The minimum Gasteiger partial charge on any atom is -0.467 e. The highest BCUT2D eigenvalue weighted by molar-refractivity contribution is 6.10. The van der Waals surface area contributed by atoms with Gasteiger partial charge >= 0.3 is 0 Å². The Kier molecular flexibility index (Phi) is 5.84. The SMILES string of the molecule is Cc1cccc(NC(=O)c2ccccc2NC(=O)[C@H]2CC(=O)N(Cc3ccco3)C2)c1. The fraction of sp³-hybridized carbons (Fsp3) is 0.208. The van der Waals surface area contributed by atoms with Gasteiger partial charge in [-0.25, -0.2) is 0 Å². The molecule has 0 spiro atoms. The molecular formula is C24H23N3O4. The van der Waals surface area contributed by atoms with Crippen molar-refractivity contribution in [2.24, 2.45) is 5.92 Å². The zero-order valence-electron chi connectivity index (χ0n) is 17.1. The van der Waals surface area contributed by atoms with Crippen LogP contribution in [-0.4, -0.2) is 29.2 Å². The molecule has 2 heterocycles. The van der Waals surface area contributed by atoms with Crippen LogP contribution in [0.1, 0.15) is 28.1 Å². The third kappa shape index (κ3) is 4.83. The molecule has 0 radical (unpaired) electrons. The zero-order valence-corrected chi connectivity index (χ0v) is 17.1. The number of furan rings is 1. The summed E-state index contributed by atoms with van der Waals surface area (Å²) in [4.78, 5) is 39.6. The smallest absolute Gasteiger partial charge is 0.257 e. The molecule has 158 valence electrons. The van der Waals surface area contributed by atoms with Crippen LogP contribution < -0.4 is 10.6 Å². The highest BCUT2D eigenvalue weighted by Crippen LogP contribution is 2.24. The third-order valence-corrected chi connectivity index (χ3v) is 5.22. The van der Waals surface area contributed by atoms with Crippen molar-refractivity contribution in [3.8, 4) is 0 Å². The van der Waals surface area contributed by atoms with Crippen LogP contribution in [0.15, 0.2) is 71.3 Å². The van der Waals surface area contributed by atoms with Crippen molar-refractivity contribution in [2.75, 3.05) is 17.2 Å². The molecule has 31 heavy (non-hydrogen) atoms. The molecule has 1 aromatic heterocycles. The highest BCUT2D eigenvalue weighted by Gasteiger charge is 2.35. The second kappa shape index (κ2) is 8.87. The van der Waals surface area contributed by atoms with Gasteiger partial charge in [-0.3, -0.25) is 14.4 Å². The number of hydrogen-bond acceptors (Lipinski definition) is 4. The maximum absolute atomic E-state index is 12.8. The van der Waals surface area contributed by atoms with Crippen molar-refractivity contribution in [1.82, 2.24) is 4.90 Å². The fourth-order valence-electron chi connectivity index (χ4n) is 3.64. The molecule has 4 rings (SSSR count). The number of para-hydroxylation sites is 1. The van der Waals surface area contributed by atoms with Crippen molar-refractivity contribution in [1.29, 1.82) is 0 Å². The van der Waals surface area contributed by atoms with Crippen LogP contribution in [0.25, 0.3) is 0 Å². The van der Waals surface area contributed by atoms with Gasteiger partial charge in [-0.15, -0.1) is 0 Å². The van der Waals surface area contributed by atoms with Gasteiger partial charge in [0.2, 0.25) is 11.8 Å². The summed E-state index contributed by atoms with van der Waals surface area (Å²) in [7, 11) is 0. The van der Waals surface area contributed by atoms with Crippen molar-refractivity contribution in [3.63, 3.8) is 0 Å². The fourth-order valence-corrected chi connectivity index (χ4v) is 3.64. The van der Waals surface area contributed by atoms with Crippen LogP contribution in [-0.2, 0) is 16.1 Å². The molecule has 1 aliphatic rings. The van der Waals surface area contributed by atoms with Gasteiger partial charge < -0.3 is 20.0 Å². The van der Waals surface area contributed by atoms with Crippen LogP contribution in [0, 0.1) is 12.8 Å². The normalized spacial score (nSPS) is 15.7. The summed E-state index contributed by atoms with van der Waals surface area (Å²) >= 11 is 0. The van der Waals surface area contributed by atoms with Gasteiger partial charge in [0.15, 0.2) is 0 Å². The third-order valence-electron chi connectivity index (χ3n) is 5.22. The molecular weight excluding hydrogens is 394 g/mol. The van der Waals surface area contributed by atoms with Gasteiger partial charge in [-0.05, 0) is 48.9 Å². The Hall–Kier alpha value is -3.87. The quantitative estimate of drug-likeness (QED) is 0.638. The lowest BCUT2D eigenvalue weighted by Gasteiger charge is -2.16. The number of carbonyl (C=O) groups is 3. The zero-order chi connectivity index (χ0) is 21.8. The van der Waals surface area contributed by atoms with Crippen LogP contribution >= 0.6 is 0 Å². The number of anilines is 2. The first-order valence-corrected chi connectivity index (χ1v) is 10.1. The Balaban J connectivity index is 1.43. The van der Waals surface area contributed by atoms with Gasteiger partial charge in [0.05, 0.1) is 30.0 Å². The van der Waals surface area contributed by atoms with E-state index in [9.17, 15) is 14.4 Å². The Morgan fingerprint density at radius 3 is 2.68 bits per heavy atom.